The van der Waals surface area contributed by atoms with Gasteiger partial charge in [-0.25, -0.2) is 9.78 Å². The van der Waals surface area contributed by atoms with Crippen molar-refractivity contribution in [2.75, 3.05) is 13.7 Å². The topological polar surface area (TPSA) is 81.1 Å². The van der Waals surface area contributed by atoms with Gasteiger partial charge >= 0.3 is 6.03 Å². The number of hydrogen-bond donors (Lipinski definition) is 2. The second-order valence-corrected chi connectivity index (χ2v) is 5.47. The van der Waals surface area contributed by atoms with Gasteiger partial charge in [-0.3, -0.25) is 4.68 Å². The number of aromatic nitrogens is 3. The van der Waals surface area contributed by atoms with Gasteiger partial charge in [0.05, 0.1) is 13.7 Å². The molecule has 2 aromatic rings. The van der Waals surface area contributed by atoms with Crippen molar-refractivity contribution in [3.05, 3.63) is 42.0 Å². The third kappa shape index (κ3) is 5.28. The number of aryl methyl sites for hydroxylation is 1. The maximum absolute atomic E-state index is 11.9. The van der Waals surface area contributed by atoms with E-state index in [4.69, 9.17) is 4.74 Å². The van der Waals surface area contributed by atoms with Gasteiger partial charge in [-0.1, -0.05) is 12.1 Å². The van der Waals surface area contributed by atoms with Gasteiger partial charge in [-0.05, 0) is 37.5 Å². The standard InChI is InChI=1S/C16H23N5O2/c1-12-4-5-14(8-15(12)23-3)6-7-18-16(22)20-13(2)9-21-11-17-10-19-21/h4-5,8,10-11,13H,6-7,9H2,1-3H3,(H2,18,20,22)/t13-/m1/s1. The van der Waals surface area contributed by atoms with E-state index in [1.54, 1.807) is 18.1 Å². The Hall–Kier alpha value is -2.57. The van der Waals surface area contributed by atoms with Gasteiger partial charge in [0.1, 0.15) is 18.4 Å². The molecule has 0 saturated carbocycles. The minimum Gasteiger partial charge on any atom is -0.496 e. The first kappa shape index (κ1) is 16.8. The van der Waals surface area contributed by atoms with Crippen molar-refractivity contribution in [1.82, 2.24) is 25.4 Å². The number of nitrogens with one attached hydrogen (secondary N) is 2. The molecule has 23 heavy (non-hydrogen) atoms. The highest BCUT2D eigenvalue weighted by atomic mass is 16.5. The summed E-state index contributed by atoms with van der Waals surface area (Å²) < 4.78 is 6.99. The molecule has 0 aliphatic carbocycles. The quantitative estimate of drug-likeness (QED) is 0.811. The zero-order valence-electron chi connectivity index (χ0n) is 13.7. The van der Waals surface area contributed by atoms with Crippen LogP contribution in [0.15, 0.2) is 30.9 Å². The molecule has 0 bridgehead atoms. The van der Waals surface area contributed by atoms with E-state index in [1.165, 1.54) is 6.33 Å². The second-order valence-electron chi connectivity index (χ2n) is 5.47. The lowest BCUT2D eigenvalue weighted by Gasteiger charge is -2.14. The molecule has 1 heterocycles. The van der Waals surface area contributed by atoms with Crippen LogP contribution in [0.3, 0.4) is 0 Å². The Balaban J connectivity index is 1.72. The van der Waals surface area contributed by atoms with Crippen LogP contribution in [0.2, 0.25) is 0 Å². The fraction of sp³-hybridized carbons (Fsp3) is 0.438. The fourth-order valence-electron chi connectivity index (χ4n) is 2.27. The van der Waals surface area contributed by atoms with Crippen LogP contribution in [-0.2, 0) is 13.0 Å². The summed E-state index contributed by atoms with van der Waals surface area (Å²) in [4.78, 5) is 15.7. The minimum absolute atomic E-state index is 0.0313. The van der Waals surface area contributed by atoms with Crippen molar-refractivity contribution >= 4 is 6.03 Å². The van der Waals surface area contributed by atoms with Gasteiger partial charge in [0.15, 0.2) is 0 Å². The molecule has 1 aromatic carbocycles. The maximum Gasteiger partial charge on any atom is 0.315 e. The van der Waals surface area contributed by atoms with Gasteiger partial charge in [-0.2, -0.15) is 5.10 Å². The smallest absolute Gasteiger partial charge is 0.315 e. The largest absolute Gasteiger partial charge is 0.496 e. The van der Waals surface area contributed by atoms with Gasteiger partial charge in [0.25, 0.3) is 0 Å². The molecule has 0 radical (unpaired) electrons. The third-order valence-electron chi connectivity index (χ3n) is 3.48. The number of rotatable bonds is 7. The van der Waals surface area contributed by atoms with Crippen molar-refractivity contribution in [3.63, 3.8) is 0 Å². The Labute approximate surface area is 136 Å². The first-order valence-electron chi connectivity index (χ1n) is 7.58. The van der Waals surface area contributed by atoms with Crippen molar-refractivity contribution < 1.29 is 9.53 Å². The van der Waals surface area contributed by atoms with E-state index in [0.29, 0.717) is 13.1 Å². The Morgan fingerprint density at radius 1 is 1.43 bits per heavy atom. The predicted octanol–water partition coefficient (Wildman–Crippen LogP) is 1.53. The molecule has 7 heteroatoms. The van der Waals surface area contributed by atoms with E-state index in [2.05, 4.69) is 20.7 Å². The molecule has 0 aliphatic heterocycles. The lowest BCUT2D eigenvalue weighted by molar-refractivity contribution is 0.236. The molecular weight excluding hydrogens is 294 g/mol. The molecule has 2 N–H and O–H groups in total. The average Bonchev–Trinajstić information content (AvgIpc) is 3.01. The molecule has 0 unspecified atom stereocenters. The summed E-state index contributed by atoms with van der Waals surface area (Å²) in [5.74, 6) is 0.869. The van der Waals surface area contributed by atoms with E-state index in [0.717, 1.165) is 23.3 Å². The van der Waals surface area contributed by atoms with Crippen molar-refractivity contribution in [2.24, 2.45) is 0 Å². The summed E-state index contributed by atoms with van der Waals surface area (Å²) >= 11 is 0. The van der Waals surface area contributed by atoms with Crippen LogP contribution in [0.4, 0.5) is 4.79 Å². The monoisotopic (exact) mass is 317 g/mol. The van der Waals surface area contributed by atoms with Gasteiger partial charge in [-0.15, -0.1) is 0 Å². The van der Waals surface area contributed by atoms with E-state index < -0.39 is 0 Å². The van der Waals surface area contributed by atoms with Gasteiger partial charge in [0, 0.05) is 12.6 Å². The number of methoxy groups -OCH3 is 1. The van der Waals surface area contributed by atoms with Crippen LogP contribution < -0.4 is 15.4 Å². The molecule has 1 atom stereocenters. The lowest BCUT2D eigenvalue weighted by atomic mass is 10.1. The van der Waals surface area contributed by atoms with E-state index >= 15 is 0 Å². The summed E-state index contributed by atoms with van der Waals surface area (Å²) in [6.45, 7) is 5.08. The number of nitrogens with zero attached hydrogens (tertiary/aromatic N) is 3. The van der Waals surface area contributed by atoms with E-state index in [9.17, 15) is 4.79 Å². The van der Waals surface area contributed by atoms with Crippen LogP contribution in [0.1, 0.15) is 18.1 Å². The van der Waals surface area contributed by atoms with E-state index in [1.807, 2.05) is 32.0 Å². The summed E-state index contributed by atoms with van der Waals surface area (Å²) in [6, 6.07) is 5.86. The molecular formula is C16H23N5O2. The zero-order valence-corrected chi connectivity index (χ0v) is 13.7. The van der Waals surface area contributed by atoms with Gasteiger partial charge < -0.3 is 15.4 Å². The van der Waals surface area contributed by atoms with Crippen molar-refractivity contribution in [1.29, 1.82) is 0 Å². The van der Waals surface area contributed by atoms with Crippen LogP contribution in [0, 0.1) is 6.92 Å². The lowest BCUT2D eigenvalue weighted by Crippen LogP contribution is -2.43. The summed E-state index contributed by atoms with van der Waals surface area (Å²) in [7, 11) is 1.66. The first-order chi connectivity index (χ1) is 11.1. The van der Waals surface area contributed by atoms with Gasteiger partial charge in [0.2, 0.25) is 0 Å². The fourth-order valence-corrected chi connectivity index (χ4v) is 2.27. The molecule has 1 aromatic heterocycles. The number of urea groups is 1. The molecule has 0 spiro atoms. The number of hydrogen-bond acceptors (Lipinski definition) is 4. The molecule has 7 nitrogen and oxygen atoms in total. The highest BCUT2D eigenvalue weighted by Gasteiger charge is 2.08. The normalized spacial score (nSPS) is 11.8. The molecule has 124 valence electrons. The SMILES string of the molecule is COc1cc(CCNC(=O)N[C@H](C)Cn2cncn2)ccc1C. The first-order valence-corrected chi connectivity index (χ1v) is 7.58. The number of carbonyl (C=O) groups is 1. The number of benzene rings is 1. The number of ether oxygens (including phenoxy) is 1. The zero-order chi connectivity index (χ0) is 16.7. The minimum atomic E-state index is -0.184. The molecule has 2 amide bonds. The van der Waals surface area contributed by atoms with Crippen molar-refractivity contribution in [2.45, 2.75) is 32.9 Å². The van der Waals surface area contributed by atoms with E-state index in [-0.39, 0.29) is 12.1 Å². The molecule has 2 rings (SSSR count). The third-order valence-corrected chi connectivity index (χ3v) is 3.48. The Morgan fingerprint density at radius 2 is 2.26 bits per heavy atom. The van der Waals surface area contributed by atoms with Crippen LogP contribution >= 0.6 is 0 Å². The second kappa shape index (κ2) is 8.17. The molecule has 0 aliphatic rings. The van der Waals surface area contributed by atoms with Crippen molar-refractivity contribution in [3.8, 4) is 5.75 Å². The Kier molecular flexibility index (Phi) is 5.96. The summed E-state index contributed by atoms with van der Waals surface area (Å²) in [6.07, 6.45) is 3.85. The highest BCUT2D eigenvalue weighted by molar-refractivity contribution is 5.74. The van der Waals surface area contributed by atoms with Crippen LogP contribution in [0.5, 0.6) is 5.75 Å². The molecule has 0 saturated heterocycles. The molecule has 0 fully saturated rings. The Bertz CT molecular complexity index is 627. The average molecular weight is 317 g/mol. The summed E-state index contributed by atoms with van der Waals surface area (Å²) in [5.41, 5.74) is 2.23. The maximum atomic E-state index is 11.9. The number of carbonyl (C=O) groups excluding carboxylic acids is 1. The Morgan fingerprint density at radius 3 is 2.96 bits per heavy atom. The van der Waals surface area contributed by atoms with Crippen LogP contribution in [-0.4, -0.2) is 40.5 Å². The number of amides is 2. The van der Waals surface area contributed by atoms with Crippen LogP contribution in [0.25, 0.3) is 0 Å². The summed E-state index contributed by atoms with van der Waals surface area (Å²) in [5, 5.41) is 9.74. The predicted molar refractivity (Wildman–Crippen MR) is 87.5 cm³/mol. The highest BCUT2D eigenvalue weighted by Crippen LogP contribution is 2.18.